The molecule has 1 fully saturated rings. The van der Waals surface area contributed by atoms with Crippen molar-refractivity contribution in [3.05, 3.63) is 42.1 Å². The summed E-state index contributed by atoms with van der Waals surface area (Å²) in [6, 6.07) is 7.20. The number of amides is 1. The predicted octanol–water partition coefficient (Wildman–Crippen LogP) is 2.64. The summed E-state index contributed by atoms with van der Waals surface area (Å²) < 4.78 is 37.6. The van der Waals surface area contributed by atoms with Crippen LogP contribution >= 0.6 is 0 Å². The highest BCUT2D eigenvalue weighted by atomic mass is 32.2. The van der Waals surface area contributed by atoms with Gasteiger partial charge in [0.05, 0.1) is 11.1 Å². The van der Waals surface area contributed by atoms with Crippen molar-refractivity contribution in [3.8, 4) is 11.7 Å². The molecule has 3 aromatic rings. The second-order valence-electron chi connectivity index (χ2n) is 7.54. The summed E-state index contributed by atoms with van der Waals surface area (Å²) in [6.07, 6.45) is 2.44. The van der Waals surface area contributed by atoms with Crippen molar-refractivity contribution in [1.82, 2.24) is 19.7 Å². The van der Waals surface area contributed by atoms with Gasteiger partial charge in [0.25, 0.3) is 11.8 Å². The molecule has 30 heavy (non-hydrogen) atoms. The predicted molar refractivity (Wildman–Crippen MR) is 106 cm³/mol. The van der Waals surface area contributed by atoms with E-state index in [2.05, 4.69) is 34.5 Å². The Morgan fingerprint density at radius 3 is 2.43 bits per heavy atom. The molecule has 0 spiro atoms. The van der Waals surface area contributed by atoms with Gasteiger partial charge < -0.3 is 8.94 Å². The standard InChI is InChI=1S/C19H21N5O5S/c1-12-9-13(2)11-24(10-12)30(26,27)15-5-3-14(4-6-15)17(25)21-19-23-22-18(28-19)16-7-8-20-29-16/h3-8,12-13H,9-11H2,1-2H3,(H,21,23,25). The maximum atomic E-state index is 12.9. The van der Waals surface area contributed by atoms with E-state index in [1.807, 2.05) is 0 Å². The van der Waals surface area contributed by atoms with E-state index < -0.39 is 15.9 Å². The lowest BCUT2D eigenvalue weighted by molar-refractivity contribution is 0.102. The highest BCUT2D eigenvalue weighted by molar-refractivity contribution is 7.89. The lowest BCUT2D eigenvalue weighted by atomic mass is 9.94. The summed E-state index contributed by atoms with van der Waals surface area (Å²) in [5.74, 6) is 0.467. The number of carbonyl (C=O) groups is 1. The number of rotatable bonds is 5. The largest absolute Gasteiger partial charge is 0.400 e. The summed E-state index contributed by atoms with van der Waals surface area (Å²) >= 11 is 0. The Kier molecular flexibility index (Phi) is 5.39. The molecule has 0 radical (unpaired) electrons. The van der Waals surface area contributed by atoms with Crippen LogP contribution < -0.4 is 5.32 Å². The van der Waals surface area contributed by atoms with E-state index in [0.29, 0.717) is 24.9 Å². The Morgan fingerprint density at radius 2 is 1.80 bits per heavy atom. The molecule has 4 rings (SSSR count). The minimum absolute atomic E-state index is 0.0780. The van der Waals surface area contributed by atoms with Crippen molar-refractivity contribution in [2.45, 2.75) is 25.2 Å². The number of nitrogens with zero attached hydrogens (tertiary/aromatic N) is 4. The van der Waals surface area contributed by atoms with Crippen molar-refractivity contribution in [2.24, 2.45) is 11.8 Å². The summed E-state index contributed by atoms with van der Waals surface area (Å²) in [4.78, 5) is 12.6. The van der Waals surface area contributed by atoms with Crippen molar-refractivity contribution >= 4 is 21.9 Å². The molecule has 1 saturated heterocycles. The van der Waals surface area contributed by atoms with E-state index in [9.17, 15) is 13.2 Å². The molecule has 1 aliphatic heterocycles. The van der Waals surface area contributed by atoms with Gasteiger partial charge in [-0.05, 0) is 42.5 Å². The van der Waals surface area contributed by atoms with E-state index >= 15 is 0 Å². The number of nitrogens with one attached hydrogen (secondary N) is 1. The average molecular weight is 431 g/mol. The van der Waals surface area contributed by atoms with Crippen LogP contribution in [0, 0.1) is 11.8 Å². The van der Waals surface area contributed by atoms with Crippen LogP contribution in [0.25, 0.3) is 11.7 Å². The quantitative estimate of drug-likeness (QED) is 0.652. The van der Waals surface area contributed by atoms with Crippen molar-refractivity contribution in [1.29, 1.82) is 0 Å². The first-order valence-electron chi connectivity index (χ1n) is 9.49. The fourth-order valence-corrected chi connectivity index (χ4v) is 5.28. The molecule has 3 heterocycles. The minimum Gasteiger partial charge on any atom is -0.400 e. The van der Waals surface area contributed by atoms with E-state index in [1.54, 1.807) is 6.07 Å². The van der Waals surface area contributed by atoms with Gasteiger partial charge in [0, 0.05) is 24.7 Å². The molecular formula is C19H21N5O5S. The van der Waals surface area contributed by atoms with Gasteiger partial charge in [-0.3, -0.25) is 10.1 Å². The van der Waals surface area contributed by atoms with Crippen LogP contribution in [0.5, 0.6) is 0 Å². The number of carbonyl (C=O) groups excluding carboxylic acids is 1. The normalized spacial score (nSPS) is 20.2. The van der Waals surface area contributed by atoms with Crippen LogP contribution in [0.15, 0.2) is 50.4 Å². The molecule has 2 aromatic heterocycles. The second-order valence-corrected chi connectivity index (χ2v) is 9.47. The zero-order chi connectivity index (χ0) is 21.3. The Bertz CT molecular complexity index is 1110. The van der Waals surface area contributed by atoms with Crippen LogP contribution in [-0.4, -0.2) is 47.1 Å². The molecule has 1 amide bonds. The molecule has 1 aliphatic rings. The zero-order valence-electron chi connectivity index (χ0n) is 16.5. The topological polar surface area (TPSA) is 131 Å². The Labute approximate surface area is 173 Å². The van der Waals surface area contributed by atoms with E-state index in [4.69, 9.17) is 8.94 Å². The van der Waals surface area contributed by atoms with Crippen LogP contribution in [0.4, 0.5) is 6.01 Å². The second kappa shape index (κ2) is 8.00. The van der Waals surface area contributed by atoms with Crippen LogP contribution in [0.1, 0.15) is 30.6 Å². The maximum Gasteiger partial charge on any atom is 0.322 e. The van der Waals surface area contributed by atoms with Gasteiger partial charge >= 0.3 is 6.01 Å². The molecule has 158 valence electrons. The van der Waals surface area contributed by atoms with Crippen LogP contribution in [0.2, 0.25) is 0 Å². The van der Waals surface area contributed by atoms with Crippen molar-refractivity contribution in [2.75, 3.05) is 18.4 Å². The fraction of sp³-hybridized carbons (Fsp3) is 0.368. The zero-order valence-corrected chi connectivity index (χ0v) is 17.3. The average Bonchev–Trinajstić information content (AvgIpc) is 3.39. The molecular weight excluding hydrogens is 410 g/mol. The first-order chi connectivity index (χ1) is 14.3. The molecule has 2 unspecified atom stereocenters. The molecule has 0 bridgehead atoms. The number of benzene rings is 1. The summed E-state index contributed by atoms with van der Waals surface area (Å²) in [5.41, 5.74) is 0.258. The van der Waals surface area contributed by atoms with Gasteiger partial charge in [0.2, 0.25) is 15.8 Å². The SMILES string of the molecule is CC1CC(C)CN(S(=O)(=O)c2ccc(C(=O)Nc3nnc(-c4ccno4)o3)cc2)C1. The monoisotopic (exact) mass is 431 g/mol. The smallest absolute Gasteiger partial charge is 0.322 e. The lowest BCUT2D eigenvalue weighted by Crippen LogP contribution is -2.42. The summed E-state index contributed by atoms with van der Waals surface area (Å²) in [6.45, 7) is 5.10. The van der Waals surface area contributed by atoms with Gasteiger partial charge in [-0.1, -0.05) is 24.1 Å². The van der Waals surface area contributed by atoms with Crippen molar-refractivity contribution in [3.63, 3.8) is 0 Å². The third-order valence-corrected chi connectivity index (χ3v) is 6.73. The van der Waals surface area contributed by atoms with E-state index in [-0.39, 0.29) is 28.1 Å². The Balaban J connectivity index is 1.46. The third kappa shape index (κ3) is 4.12. The van der Waals surface area contributed by atoms with Crippen LogP contribution in [0.3, 0.4) is 0 Å². The highest BCUT2D eigenvalue weighted by Gasteiger charge is 2.31. The van der Waals surface area contributed by atoms with Gasteiger partial charge in [0.15, 0.2) is 0 Å². The van der Waals surface area contributed by atoms with Crippen LogP contribution in [-0.2, 0) is 10.0 Å². The number of aromatic nitrogens is 3. The fourth-order valence-electron chi connectivity index (χ4n) is 3.60. The first-order valence-corrected chi connectivity index (χ1v) is 10.9. The Hall–Kier alpha value is -3.05. The minimum atomic E-state index is -3.61. The third-order valence-electron chi connectivity index (χ3n) is 4.88. The summed E-state index contributed by atoms with van der Waals surface area (Å²) in [7, 11) is -3.61. The molecule has 11 heteroatoms. The van der Waals surface area contributed by atoms with Crippen molar-refractivity contribution < 1.29 is 22.2 Å². The first kappa shape index (κ1) is 20.2. The van der Waals surface area contributed by atoms with Gasteiger partial charge in [-0.25, -0.2) is 8.42 Å². The van der Waals surface area contributed by atoms with Gasteiger partial charge in [0.1, 0.15) is 0 Å². The molecule has 1 N–H and O–H groups in total. The lowest BCUT2D eigenvalue weighted by Gasteiger charge is -2.34. The number of hydrogen-bond donors (Lipinski definition) is 1. The number of anilines is 1. The van der Waals surface area contributed by atoms with E-state index in [0.717, 1.165) is 6.42 Å². The highest BCUT2D eigenvalue weighted by Crippen LogP contribution is 2.27. The number of piperidine rings is 1. The Morgan fingerprint density at radius 1 is 1.10 bits per heavy atom. The maximum absolute atomic E-state index is 12.9. The molecule has 0 saturated carbocycles. The molecule has 10 nitrogen and oxygen atoms in total. The number of sulfonamides is 1. The molecule has 0 aliphatic carbocycles. The molecule has 1 aromatic carbocycles. The van der Waals surface area contributed by atoms with Gasteiger partial charge in [-0.15, -0.1) is 5.10 Å². The van der Waals surface area contributed by atoms with E-state index in [1.165, 1.54) is 34.8 Å². The van der Waals surface area contributed by atoms with Gasteiger partial charge in [-0.2, -0.15) is 4.31 Å². The molecule has 2 atom stereocenters. The summed E-state index contributed by atoms with van der Waals surface area (Å²) in [5, 5.41) is 13.5. The number of hydrogen-bond acceptors (Lipinski definition) is 8.